The third-order valence-corrected chi connectivity index (χ3v) is 3.97. The van der Waals surface area contributed by atoms with Gasteiger partial charge in [-0.1, -0.05) is 11.6 Å². The van der Waals surface area contributed by atoms with E-state index in [9.17, 15) is 9.59 Å². The van der Waals surface area contributed by atoms with Gasteiger partial charge in [-0.05, 0) is 6.92 Å². The smallest absolute Gasteiger partial charge is 0.339 e. The molecule has 2 N–H and O–H groups in total. The molecule has 0 aliphatic heterocycles. The maximum Gasteiger partial charge on any atom is 0.339 e. The third kappa shape index (κ3) is 3.45. The summed E-state index contributed by atoms with van der Waals surface area (Å²) in [5.74, 6) is -1.77. The normalized spacial score (nSPS) is 10.9. The van der Waals surface area contributed by atoms with Gasteiger partial charge in [0.15, 0.2) is 5.82 Å². The third-order valence-electron chi connectivity index (χ3n) is 3.69. The van der Waals surface area contributed by atoms with Gasteiger partial charge >= 0.3 is 5.97 Å². The molecule has 3 heterocycles. The van der Waals surface area contributed by atoms with Crippen molar-refractivity contribution in [2.24, 2.45) is 7.05 Å². The van der Waals surface area contributed by atoms with Gasteiger partial charge in [0.05, 0.1) is 18.9 Å². The largest absolute Gasteiger partial charge is 0.478 e. The number of amides is 1. The summed E-state index contributed by atoms with van der Waals surface area (Å²) < 4.78 is 4.54. The number of aromatic carboxylic acids is 1. The molecule has 0 aliphatic carbocycles. The number of nitrogens with zero attached hydrogens (tertiary/aromatic N) is 6. The number of carbonyl (C=O) groups is 2. The molecule has 0 fully saturated rings. The van der Waals surface area contributed by atoms with Crippen LogP contribution in [0.4, 0.5) is 5.82 Å². The lowest BCUT2D eigenvalue weighted by Crippen LogP contribution is -2.20. The molecule has 0 aliphatic rings. The number of carboxylic acids is 1. The summed E-state index contributed by atoms with van der Waals surface area (Å²) in [6.45, 7) is 3.18. The summed E-state index contributed by atoms with van der Waals surface area (Å²) in [4.78, 5) is 23.6. The molecule has 0 radical (unpaired) electrons. The van der Waals surface area contributed by atoms with Crippen molar-refractivity contribution in [3.05, 3.63) is 46.6 Å². The second kappa shape index (κ2) is 7.00. The van der Waals surface area contributed by atoms with Gasteiger partial charge in [-0.15, -0.1) is 0 Å². The van der Waals surface area contributed by atoms with E-state index in [1.54, 1.807) is 21.8 Å². The number of aryl methyl sites for hydroxylation is 2. The summed E-state index contributed by atoms with van der Waals surface area (Å²) in [5, 5.41) is 24.1. The van der Waals surface area contributed by atoms with Crippen molar-refractivity contribution in [1.82, 2.24) is 29.3 Å². The van der Waals surface area contributed by atoms with E-state index in [2.05, 4.69) is 20.6 Å². The summed E-state index contributed by atoms with van der Waals surface area (Å²) in [6.07, 6.45) is 6.30. The van der Waals surface area contributed by atoms with E-state index in [1.165, 1.54) is 11.7 Å². The predicted octanol–water partition coefficient (Wildman–Crippen LogP) is 1.49. The van der Waals surface area contributed by atoms with Crippen molar-refractivity contribution in [3.63, 3.8) is 0 Å². The Labute approximate surface area is 153 Å². The minimum Gasteiger partial charge on any atom is -0.478 e. The Balaban J connectivity index is 1.78. The Morgan fingerprint density at radius 3 is 2.65 bits per heavy atom. The van der Waals surface area contributed by atoms with Crippen molar-refractivity contribution in [2.75, 3.05) is 5.32 Å². The van der Waals surface area contributed by atoms with Gasteiger partial charge in [0.25, 0.3) is 5.91 Å². The van der Waals surface area contributed by atoms with E-state index in [1.807, 2.05) is 13.1 Å². The molecule has 3 rings (SSSR count). The first-order valence-corrected chi connectivity index (χ1v) is 8.07. The second-order valence-corrected chi connectivity index (χ2v) is 5.92. The van der Waals surface area contributed by atoms with E-state index in [4.69, 9.17) is 16.7 Å². The van der Waals surface area contributed by atoms with Gasteiger partial charge < -0.3 is 10.4 Å². The van der Waals surface area contributed by atoms with Crippen molar-refractivity contribution < 1.29 is 14.7 Å². The highest BCUT2D eigenvalue weighted by molar-refractivity contribution is 6.33. The number of aromatic nitrogens is 6. The average molecular weight is 378 g/mol. The molecular weight excluding hydrogens is 362 g/mol. The molecule has 1 amide bonds. The Morgan fingerprint density at radius 2 is 2.00 bits per heavy atom. The molecule has 0 unspecified atom stereocenters. The maximum atomic E-state index is 12.4. The van der Waals surface area contributed by atoms with E-state index in [0.29, 0.717) is 6.54 Å². The van der Waals surface area contributed by atoms with Gasteiger partial charge in [0.2, 0.25) is 0 Å². The van der Waals surface area contributed by atoms with E-state index in [0.717, 1.165) is 18.3 Å². The highest BCUT2D eigenvalue weighted by Gasteiger charge is 2.23. The minimum atomic E-state index is -1.24. The van der Waals surface area contributed by atoms with Gasteiger partial charge in [-0.2, -0.15) is 15.3 Å². The summed E-state index contributed by atoms with van der Waals surface area (Å²) in [5.41, 5.74) is 0.642. The zero-order chi connectivity index (χ0) is 18.8. The van der Waals surface area contributed by atoms with Gasteiger partial charge in [-0.3, -0.25) is 18.8 Å². The molecule has 136 valence electrons. The summed E-state index contributed by atoms with van der Waals surface area (Å²) in [7, 11) is 1.48. The lowest BCUT2D eigenvalue weighted by atomic mass is 10.2. The van der Waals surface area contributed by atoms with Crippen LogP contribution in [0, 0.1) is 0 Å². The maximum absolute atomic E-state index is 12.4. The Hall–Kier alpha value is -3.14. The molecule has 0 saturated carbocycles. The standard InChI is InChI=1S/C15H16ClN7O3/c1-3-22-6-9(4-18-22)7-23-8-11(16)13(20-23)19-14(24)12-10(15(25)26)5-17-21(12)2/h4-6,8H,3,7H2,1-2H3,(H,25,26)(H,19,20,24). The van der Waals surface area contributed by atoms with E-state index in [-0.39, 0.29) is 22.1 Å². The van der Waals surface area contributed by atoms with Crippen LogP contribution < -0.4 is 5.32 Å². The molecule has 10 nitrogen and oxygen atoms in total. The predicted molar refractivity (Wildman–Crippen MR) is 92.4 cm³/mol. The molecule has 3 aromatic heterocycles. The number of nitrogens with one attached hydrogen (secondary N) is 1. The highest BCUT2D eigenvalue weighted by atomic mass is 35.5. The van der Waals surface area contributed by atoms with Gasteiger partial charge in [0, 0.05) is 31.5 Å². The van der Waals surface area contributed by atoms with Crippen LogP contribution in [0.1, 0.15) is 33.3 Å². The first-order valence-electron chi connectivity index (χ1n) is 7.70. The Morgan fingerprint density at radius 1 is 1.23 bits per heavy atom. The van der Waals surface area contributed by atoms with Crippen LogP contribution in [0.3, 0.4) is 0 Å². The van der Waals surface area contributed by atoms with Crippen LogP contribution >= 0.6 is 11.6 Å². The molecule has 0 atom stereocenters. The molecule has 0 saturated heterocycles. The van der Waals surface area contributed by atoms with Crippen LogP contribution in [-0.4, -0.2) is 46.3 Å². The quantitative estimate of drug-likeness (QED) is 0.671. The SMILES string of the molecule is CCn1cc(Cn2cc(Cl)c(NC(=O)c3c(C(=O)O)cnn3C)n2)cn1. The van der Waals surface area contributed by atoms with Crippen molar-refractivity contribution in [1.29, 1.82) is 0 Å². The number of hydrogen-bond donors (Lipinski definition) is 2. The number of anilines is 1. The molecule has 0 aromatic carbocycles. The van der Waals surface area contributed by atoms with Crippen molar-refractivity contribution in [3.8, 4) is 0 Å². The van der Waals surface area contributed by atoms with Crippen LogP contribution in [0.25, 0.3) is 0 Å². The number of hydrogen-bond acceptors (Lipinski definition) is 5. The van der Waals surface area contributed by atoms with Crippen LogP contribution in [0.5, 0.6) is 0 Å². The van der Waals surface area contributed by atoms with Crippen LogP contribution in [-0.2, 0) is 20.1 Å². The fourth-order valence-electron chi connectivity index (χ4n) is 2.44. The van der Waals surface area contributed by atoms with E-state index >= 15 is 0 Å². The zero-order valence-corrected chi connectivity index (χ0v) is 14.8. The average Bonchev–Trinajstić information content (AvgIpc) is 3.27. The first-order chi connectivity index (χ1) is 12.4. The number of halogens is 1. The monoisotopic (exact) mass is 377 g/mol. The van der Waals surface area contributed by atoms with Gasteiger partial charge in [-0.25, -0.2) is 4.79 Å². The lowest BCUT2D eigenvalue weighted by molar-refractivity contribution is 0.0692. The van der Waals surface area contributed by atoms with Gasteiger partial charge in [0.1, 0.15) is 16.3 Å². The summed E-state index contributed by atoms with van der Waals surface area (Å²) in [6, 6.07) is 0. The molecule has 26 heavy (non-hydrogen) atoms. The molecule has 11 heteroatoms. The topological polar surface area (TPSA) is 120 Å². The first kappa shape index (κ1) is 17.7. The summed E-state index contributed by atoms with van der Waals surface area (Å²) >= 11 is 6.13. The van der Waals surface area contributed by atoms with Crippen molar-refractivity contribution >= 4 is 29.3 Å². The highest BCUT2D eigenvalue weighted by Crippen LogP contribution is 2.21. The minimum absolute atomic E-state index is 0.0904. The molecule has 0 spiro atoms. The Kier molecular flexibility index (Phi) is 4.76. The number of carbonyl (C=O) groups excluding carboxylic acids is 1. The van der Waals surface area contributed by atoms with Crippen LogP contribution in [0.2, 0.25) is 5.02 Å². The zero-order valence-electron chi connectivity index (χ0n) is 14.0. The number of carboxylic acid groups (broad SMARTS) is 1. The Bertz CT molecular complexity index is 972. The molecule has 0 bridgehead atoms. The van der Waals surface area contributed by atoms with Crippen molar-refractivity contribution in [2.45, 2.75) is 20.0 Å². The molecule has 3 aromatic rings. The lowest BCUT2D eigenvalue weighted by Gasteiger charge is -2.04. The fourth-order valence-corrected chi connectivity index (χ4v) is 2.64. The number of rotatable bonds is 6. The second-order valence-electron chi connectivity index (χ2n) is 5.52. The fraction of sp³-hybridized carbons (Fsp3) is 0.267. The van der Waals surface area contributed by atoms with E-state index < -0.39 is 11.9 Å². The molecular formula is C15H16ClN7O3. The van der Waals surface area contributed by atoms with Crippen LogP contribution in [0.15, 0.2) is 24.8 Å².